The van der Waals surface area contributed by atoms with Crippen LogP contribution in [0, 0.1) is 0 Å². The smallest absolute Gasteiger partial charge is 0.390 e. The minimum atomic E-state index is -4.83. The number of nitrogens with zero attached hydrogens (tertiary/aromatic N) is 2. The van der Waals surface area contributed by atoms with Crippen LogP contribution in [0.1, 0.15) is 24.5 Å². The fraction of sp³-hybridized carbons (Fsp3) is 0.360. The summed E-state index contributed by atoms with van der Waals surface area (Å²) in [4.78, 5) is 16.8. The molecule has 1 unspecified atom stereocenters. The van der Waals surface area contributed by atoms with Crippen LogP contribution in [-0.2, 0) is 22.5 Å². The predicted octanol–water partition coefficient (Wildman–Crippen LogP) is 3.99. The zero-order valence-corrected chi connectivity index (χ0v) is 19.4. The molecule has 2 aromatic carbocycles. The van der Waals surface area contributed by atoms with Crippen LogP contribution in [0.4, 0.5) is 24.7 Å². The Labute approximate surface area is 201 Å². The van der Waals surface area contributed by atoms with Crippen molar-refractivity contribution in [2.75, 3.05) is 29.9 Å². The van der Waals surface area contributed by atoms with Crippen molar-refractivity contribution in [2.24, 2.45) is 5.73 Å². The highest BCUT2D eigenvalue weighted by Gasteiger charge is 2.32. The molecule has 35 heavy (non-hydrogen) atoms. The van der Waals surface area contributed by atoms with E-state index in [-0.39, 0.29) is 6.54 Å². The molecule has 4 rings (SSSR count). The number of aryl methyl sites for hydroxylation is 1. The molecule has 0 fully saturated rings. The van der Waals surface area contributed by atoms with Crippen LogP contribution >= 0.6 is 0 Å². The van der Waals surface area contributed by atoms with E-state index < -0.39 is 18.4 Å². The van der Waals surface area contributed by atoms with Gasteiger partial charge in [0.2, 0.25) is 0 Å². The van der Waals surface area contributed by atoms with Gasteiger partial charge >= 0.3 is 12.3 Å². The number of halogens is 3. The molecule has 1 atom stereocenters. The number of nitrogens with one attached hydrogen (secondary N) is 1. The summed E-state index contributed by atoms with van der Waals surface area (Å²) >= 11 is 0. The van der Waals surface area contributed by atoms with Crippen molar-refractivity contribution >= 4 is 28.4 Å². The van der Waals surface area contributed by atoms with Gasteiger partial charge in [-0.15, -0.1) is 13.2 Å². The Bertz CT molecular complexity index is 1140. The van der Waals surface area contributed by atoms with Crippen LogP contribution in [0.5, 0.6) is 0 Å². The van der Waals surface area contributed by atoms with Gasteiger partial charge in [0.05, 0.1) is 11.6 Å². The summed E-state index contributed by atoms with van der Waals surface area (Å²) < 4.78 is 35.4. The Hall–Kier alpha value is -3.37. The Balaban J connectivity index is 0.000000371. The number of esters is 1. The number of fused-ring (bicyclic) bond motifs is 2. The lowest BCUT2D eigenvalue weighted by molar-refractivity contribution is -0.304. The van der Waals surface area contributed by atoms with Crippen LogP contribution in [0.2, 0.25) is 0 Å². The first kappa shape index (κ1) is 26.2. The number of pyridine rings is 1. The number of ether oxygens (including phenoxy) is 1. The molecular weight excluding hydrogens is 461 g/mol. The van der Waals surface area contributed by atoms with Crippen LogP contribution in [0.3, 0.4) is 0 Å². The average molecular weight is 491 g/mol. The van der Waals surface area contributed by atoms with Crippen molar-refractivity contribution in [2.45, 2.75) is 38.8 Å². The number of benzene rings is 2. The molecular formula is C25H29F3N4O3. The van der Waals surface area contributed by atoms with Crippen LogP contribution in [-0.4, -0.2) is 48.2 Å². The SMILES string of the molecule is CC(=O)OC(F)(F)F.NCC(O)CNc1cc(N2CCCc3ccccc3C2)nc2ccccc12. The molecule has 2 heterocycles. The number of anilines is 2. The van der Waals surface area contributed by atoms with Gasteiger partial charge in [0, 0.05) is 50.2 Å². The third kappa shape index (κ3) is 7.83. The number of aromatic nitrogens is 1. The molecule has 7 nitrogen and oxygen atoms in total. The number of para-hydroxylation sites is 1. The normalized spacial score (nSPS) is 14.3. The number of nitrogens with two attached hydrogens (primary N) is 1. The number of alkyl halides is 3. The van der Waals surface area contributed by atoms with Crippen molar-refractivity contribution in [3.05, 3.63) is 65.7 Å². The molecule has 0 radical (unpaired) electrons. The molecule has 3 aromatic rings. The van der Waals surface area contributed by atoms with Gasteiger partial charge in [-0.1, -0.05) is 42.5 Å². The van der Waals surface area contributed by atoms with Crippen LogP contribution < -0.4 is 16.0 Å². The lowest BCUT2D eigenvalue weighted by Gasteiger charge is -2.24. The van der Waals surface area contributed by atoms with E-state index in [9.17, 15) is 23.1 Å². The molecule has 4 N–H and O–H groups in total. The summed E-state index contributed by atoms with van der Waals surface area (Å²) in [7, 11) is 0. The highest BCUT2D eigenvalue weighted by atomic mass is 19.4. The molecule has 1 aliphatic heterocycles. The maximum Gasteiger partial charge on any atom is 0.575 e. The van der Waals surface area contributed by atoms with Gasteiger partial charge in [-0.05, 0) is 30.0 Å². The first-order chi connectivity index (χ1) is 16.7. The Morgan fingerprint density at radius 1 is 1.20 bits per heavy atom. The number of aliphatic hydroxyl groups is 1. The molecule has 1 aliphatic rings. The lowest BCUT2D eigenvalue weighted by Crippen LogP contribution is -2.28. The number of hydrogen-bond acceptors (Lipinski definition) is 7. The fourth-order valence-corrected chi connectivity index (χ4v) is 3.84. The lowest BCUT2D eigenvalue weighted by atomic mass is 10.0. The summed E-state index contributed by atoms with van der Waals surface area (Å²) in [6, 6.07) is 18.9. The van der Waals surface area contributed by atoms with Gasteiger partial charge < -0.3 is 25.8 Å². The zero-order chi connectivity index (χ0) is 25.4. The van der Waals surface area contributed by atoms with E-state index in [0.29, 0.717) is 13.5 Å². The first-order valence-corrected chi connectivity index (χ1v) is 11.3. The minimum Gasteiger partial charge on any atom is -0.390 e. The van der Waals surface area contributed by atoms with E-state index in [0.717, 1.165) is 48.3 Å². The zero-order valence-electron chi connectivity index (χ0n) is 19.4. The standard InChI is InChI=1S/C22H26N4O.C3H3F3O2/c23-13-18(27)14-24-21-12-22(25-20-10-4-3-9-19(20)21)26-11-5-8-16-6-1-2-7-17(16)15-26;1-2(7)8-3(4,5)6/h1-4,6-7,9-10,12,18,27H,5,8,11,13-15,23H2,(H,24,25);1H3. The monoisotopic (exact) mass is 490 g/mol. The summed E-state index contributed by atoms with van der Waals surface area (Å²) in [5.41, 5.74) is 10.3. The topological polar surface area (TPSA) is 101 Å². The summed E-state index contributed by atoms with van der Waals surface area (Å²) in [6.07, 6.45) is -3.18. The Morgan fingerprint density at radius 3 is 2.54 bits per heavy atom. The van der Waals surface area contributed by atoms with Crippen LogP contribution in [0.25, 0.3) is 10.9 Å². The van der Waals surface area contributed by atoms with E-state index in [1.807, 2.05) is 18.2 Å². The highest BCUT2D eigenvalue weighted by Crippen LogP contribution is 2.29. The summed E-state index contributed by atoms with van der Waals surface area (Å²) in [5.74, 6) is -0.382. The van der Waals surface area contributed by atoms with E-state index in [4.69, 9.17) is 10.7 Å². The summed E-state index contributed by atoms with van der Waals surface area (Å²) in [6.45, 7) is 3.20. The Morgan fingerprint density at radius 2 is 1.89 bits per heavy atom. The third-order valence-corrected chi connectivity index (χ3v) is 5.44. The predicted molar refractivity (Wildman–Crippen MR) is 129 cm³/mol. The fourth-order valence-electron chi connectivity index (χ4n) is 3.84. The molecule has 1 aromatic heterocycles. The number of carbonyl (C=O) groups is 1. The molecule has 0 amide bonds. The maximum absolute atomic E-state index is 10.9. The number of rotatable bonds is 5. The molecule has 188 valence electrons. The van der Waals surface area contributed by atoms with E-state index in [1.54, 1.807) is 0 Å². The summed E-state index contributed by atoms with van der Waals surface area (Å²) in [5, 5.41) is 14.3. The van der Waals surface area contributed by atoms with E-state index in [2.05, 4.69) is 51.4 Å². The molecule has 0 aliphatic carbocycles. The van der Waals surface area contributed by atoms with Crippen LogP contribution in [0.15, 0.2) is 54.6 Å². The highest BCUT2D eigenvalue weighted by molar-refractivity contribution is 5.93. The third-order valence-electron chi connectivity index (χ3n) is 5.44. The van der Waals surface area contributed by atoms with Crippen molar-refractivity contribution in [1.82, 2.24) is 4.98 Å². The molecule has 0 saturated heterocycles. The second-order valence-corrected chi connectivity index (χ2v) is 8.15. The largest absolute Gasteiger partial charge is 0.575 e. The first-order valence-electron chi connectivity index (χ1n) is 11.3. The van der Waals surface area contributed by atoms with Crippen molar-refractivity contribution in [3.63, 3.8) is 0 Å². The second-order valence-electron chi connectivity index (χ2n) is 8.15. The van der Waals surface area contributed by atoms with Gasteiger partial charge in [-0.3, -0.25) is 4.79 Å². The van der Waals surface area contributed by atoms with Gasteiger partial charge in [-0.25, -0.2) is 4.98 Å². The van der Waals surface area contributed by atoms with Crippen molar-refractivity contribution in [3.8, 4) is 0 Å². The molecule has 0 bridgehead atoms. The molecule has 0 spiro atoms. The average Bonchev–Trinajstić information content (AvgIpc) is 3.03. The van der Waals surface area contributed by atoms with Gasteiger partial charge in [-0.2, -0.15) is 0 Å². The number of hydrogen-bond donors (Lipinski definition) is 3. The van der Waals surface area contributed by atoms with Gasteiger partial charge in [0.25, 0.3) is 0 Å². The molecule has 0 saturated carbocycles. The quantitative estimate of drug-likeness (QED) is 0.465. The van der Waals surface area contributed by atoms with E-state index in [1.165, 1.54) is 11.1 Å². The van der Waals surface area contributed by atoms with E-state index >= 15 is 0 Å². The molecule has 10 heteroatoms. The maximum atomic E-state index is 10.9. The van der Waals surface area contributed by atoms with Gasteiger partial charge in [0.15, 0.2) is 0 Å². The van der Waals surface area contributed by atoms with Crippen molar-refractivity contribution < 1.29 is 27.8 Å². The Kier molecular flexibility index (Phi) is 8.89. The second kappa shape index (κ2) is 11.9. The number of carbonyl (C=O) groups excluding carboxylic acids is 1. The van der Waals surface area contributed by atoms with Gasteiger partial charge in [0.1, 0.15) is 5.82 Å². The van der Waals surface area contributed by atoms with Crippen molar-refractivity contribution in [1.29, 1.82) is 0 Å². The number of aliphatic hydroxyl groups excluding tert-OH is 1. The minimum absolute atomic E-state index is 0.242.